The van der Waals surface area contributed by atoms with Gasteiger partial charge in [-0.2, -0.15) is 0 Å². The molecular weight excluding hydrogens is 347 g/mol. The molecule has 2 aromatic rings. The van der Waals surface area contributed by atoms with Gasteiger partial charge in [-0.25, -0.2) is 4.39 Å². The van der Waals surface area contributed by atoms with Crippen molar-refractivity contribution in [3.63, 3.8) is 0 Å². The molecule has 0 atom stereocenters. The molecule has 122 valence electrons. The molecule has 0 aromatic heterocycles. The van der Waals surface area contributed by atoms with E-state index in [1.54, 1.807) is 31.2 Å². The first-order valence-corrected chi connectivity index (χ1v) is 8.08. The average molecular weight is 361 g/mol. The Balaban J connectivity index is 1.84. The van der Waals surface area contributed by atoms with Gasteiger partial charge in [0.15, 0.2) is 5.11 Å². The third kappa shape index (κ3) is 3.32. The lowest BCUT2D eigenvalue weighted by Crippen LogP contribution is -2.30. The van der Waals surface area contributed by atoms with E-state index in [0.29, 0.717) is 27.9 Å². The number of amides is 1. The largest absolute Gasteiger partial charge is 0.328 e. The fourth-order valence-electron chi connectivity index (χ4n) is 2.44. The number of rotatable bonds is 3. The van der Waals surface area contributed by atoms with E-state index in [2.05, 4.69) is 5.32 Å². The van der Waals surface area contributed by atoms with E-state index in [0.717, 1.165) is 11.1 Å². The predicted molar refractivity (Wildman–Crippen MR) is 96.8 cm³/mol. The van der Waals surface area contributed by atoms with Crippen molar-refractivity contribution in [1.82, 2.24) is 10.2 Å². The van der Waals surface area contributed by atoms with E-state index in [9.17, 15) is 9.18 Å². The van der Waals surface area contributed by atoms with E-state index < -0.39 is 0 Å². The van der Waals surface area contributed by atoms with Crippen LogP contribution in [0.1, 0.15) is 16.7 Å². The van der Waals surface area contributed by atoms with Crippen molar-refractivity contribution < 1.29 is 9.18 Å². The van der Waals surface area contributed by atoms with Gasteiger partial charge in [0, 0.05) is 5.02 Å². The first kappa shape index (κ1) is 16.6. The van der Waals surface area contributed by atoms with Crippen molar-refractivity contribution in [1.29, 1.82) is 0 Å². The Morgan fingerprint density at radius 1 is 1.29 bits per heavy atom. The number of benzene rings is 2. The number of carbonyl (C=O) groups excluding carboxylic acids is 1. The summed E-state index contributed by atoms with van der Waals surface area (Å²) in [5.74, 6) is -0.513. The van der Waals surface area contributed by atoms with Crippen LogP contribution in [0.15, 0.2) is 48.2 Å². The Morgan fingerprint density at radius 2 is 2.04 bits per heavy atom. The summed E-state index contributed by atoms with van der Waals surface area (Å²) < 4.78 is 13.3. The fourth-order valence-corrected chi connectivity index (χ4v) is 2.89. The Morgan fingerprint density at radius 3 is 2.75 bits per heavy atom. The second-order valence-corrected chi connectivity index (χ2v) is 6.27. The van der Waals surface area contributed by atoms with Gasteiger partial charge in [-0.1, -0.05) is 35.9 Å². The Labute approximate surface area is 149 Å². The van der Waals surface area contributed by atoms with Gasteiger partial charge in [0.1, 0.15) is 11.5 Å². The molecule has 1 heterocycles. The maximum atomic E-state index is 13.3. The molecule has 24 heavy (non-hydrogen) atoms. The average Bonchev–Trinajstić information content (AvgIpc) is 2.80. The first-order chi connectivity index (χ1) is 11.5. The van der Waals surface area contributed by atoms with Crippen molar-refractivity contribution in [2.75, 3.05) is 0 Å². The van der Waals surface area contributed by atoms with Crippen molar-refractivity contribution in [2.45, 2.75) is 13.5 Å². The molecule has 0 unspecified atom stereocenters. The number of thiocarbonyl (C=S) groups is 1. The molecule has 0 aliphatic carbocycles. The van der Waals surface area contributed by atoms with Crippen LogP contribution in [0.3, 0.4) is 0 Å². The highest BCUT2D eigenvalue weighted by Gasteiger charge is 2.30. The minimum absolute atomic E-state index is 0.234. The third-order valence-electron chi connectivity index (χ3n) is 3.74. The molecule has 1 aliphatic heterocycles. The monoisotopic (exact) mass is 360 g/mol. The lowest BCUT2D eigenvalue weighted by atomic mass is 10.1. The predicted octanol–water partition coefficient (Wildman–Crippen LogP) is 4.05. The summed E-state index contributed by atoms with van der Waals surface area (Å²) in [5, 5.41) is 3.82. The molecule has 1 amide bonds. The second-order valence-electron chi connectivity index (χ2n) is 5.48. The van der Waals surface area contributed by atoms with E-state index in [-0.39, 0.29) is 11.7 Å². The van der Waals surface area contributed by atoms with Crippen LogP contribution in [0, 0.1) is 12.7 Å². The summed E-state index contributed by atoms with van der Waals surface area (Å²) in [6, 6.07) is 12.0. The summed E-state index contributed by atoms with van der Waals surface area (Å²) in [6.45, 7) is 1.97. The molecule has 3 rings (SSSR count). The molecule has 0 saturated carbocycles. The van der Waals surface area contributed by atoms with Crippen molar-refractivity contribution in [3.8, 4) is 0 Å². The lowest BCUT2D eigenvalue weighted by molar-refractivity contribution is -0.122. The van der Waals surface area contributed by atoms with E-state index >= 15 is 0 Å². The maximum Gasteiger partial charge on any atom is 0.276 e. The van der Waals surface area contributed by atoms with E-state index in [4.69, 9.17) is 23.8 Å². The summed E-state index contributed by atoms with van der Waals surface area (Å²) in [7, 11) is 0. The smallest absolute Gasteiger partial charge is 0.276 e. The van der Waals surface area contributed by atoms with Gasteiger partial charge in [0.25, 0.3) is 5.91 Å². The minimum Gasteiger partial charge on any atom is -0.328 e. The standard InChI is InChI=1S/C18H14ClFN2OS/c1-11-8-12(6-7-15(11)20)9-16-17(23)22(18(24)21-16)10-13-4-2-3-5-14(13)19/h2-9H,10H2,1H3,(H,21,24). The van der Waals surface area contributed by atoms with Gasteiger partial charge < -0.3 is 5.32 Å². The first-order valence-electron chi connectivity index (χ1n) is 7.30. The Bertz CT molecular complexity index is 866. The molecule has 2 aromatic carbocycles. The van der Waals surface area contributed by atoms with Crippen LogP contribution in [0.4, 0.5) is 4.39 Å². The molecule has 0 spiro atoms. The highest BCUT2D eigenvalue weighted by atomic mass is 35.5. The zero-order valence-corrected chi connectivity index (χ0v) is 14.4. The fraction of sp³-hybridized carbons (Fsp3) is 0.111. The molecular formula is C18H14ClFN2OS. The molecule has 1 saturated heterocycles. The SMILES string of the molecule is Cc1cc(C=C2NC(=S)N(Cc3ccccc3Cl)C2=O)ccc1F. The number of hydrogen-bond acceptors (Lipinski definition) is 2. The zero-order chi connectivity index (χ0) is 17.3. The van der Waals surface area contributed by atoms with Gasteiger partial charge in [-0.05, 0) is 60.1 Å². The number of nitrogens with one attached hydrogen (secondary N) is 1. The van der Waals surface area contributed by atoms with Gasteiger partial charge in [-0.15, -0.1) is 0 Å². The molecule has 0 radical (unpaired) electrons. The third-order valence-corrected chi connectivity index (χ3v) is 4.43. The highest BCUT2D eigenvalue weighted by molar-refractivity contribution is 7.80. The zero-order valence-electron chi connectivity index (χ0n) is 12.8. The molecule has 1 fully saturated rings. The van der Waals surface area contributed by atoms with Crippen molar-refractivity contribution >= 4 is 40.9 Å². The molecule has 1 aliphatic rings. The molecule has 3 nitrogen and oxygen atoms in total. The number of halogens is 2. The van der Waals surface area contributed by atoms with Crippen LogP contribution in [0.5, 0.6) is 0 Å². The normalized spacial score (nSPS) is 16.0. The Hall–Kier alpha value is -2.24. The molecule has 6 heteroatoms. The van der Waals surface area contributed by atoms with Crippen LogP contribution in [-0.4, -0.2) is 15.9 Å². The second kappa shape index (κ2) is 6.71. The van der Waals surface area contributed by atoms with Crippen LogP contribution >= 0.6 is 23.8 Å². The number of aryl methyl sites for hydroxylation is 1. The summed E-state index contributed by atoms with van der Waals surface area (Å²) in [6.07, 6.45) is 1.66. The quantitative estimate of drug-likeness (QED) is 0.662. The van der Waals surface area contributed by atoms with Crippen LogP contribution in [0.25, 0.3) is 6.08 Å². The van der Waals surface area contributed by atoms with Crippen LogP contribution in [-0.2, 0) is 11.3 Å². The minimum atomic E-state index is -0.279. The maximum absolute atomic E-state index is 13.3. The lowest BCUT2D eigenvalue weighted by Gasteiger charge is -2.14. The Kier molecular flexibility index (Phi) is 4.64. The topological polar surface area (TPSA) is 32.3 Å². The van der Waals surface area contributed by atoms with Crippen molar-refractivity contribution in [2.24, 2.45) is 0 Å². The molecule has 0 bridgehead atoms. The van der Waals surface area contributed by atoms with Gasteiger partial charge in [0.05, 0.1) is 6.54 Å². The number of nitrogens with zero attached hydrogens (tertiary/aromatic N) is 1. The summed E-state index contributed by atoms with van der Waals surface area (Å²) in [4.78, 5) is 14.0. The number of carbonyl (C=O) groups is 1. The van der Waals surface area contributed by atoms with Crippen LogP contribution in [0.2, 0.25) is 5.02 Å². The number of hydrogen-bond donors (Lipinski definition) is 1. The molecule has 1 N–H and O–H groups in total. The van der Waals surface area contributed by atoms with Crippen LogP contribution < -0.4 is 5.32 Å². The highest BCUT2D eigenvalue weighted by Crippen LogP contribution is 2.22. The van der Waals surface area contributed by atoms with Crippen molar-refractivity contribution in [3.05, 3.63) is 75.7 Å². The van der Waals surface area contributed by atoms with E-state index in [1.807, 2.05) is 18.2 Å². The van der Waals surface area contributed by atoms with E-state index in [1.165, 1.54) is 11.0 Å². The van der Waals surface area contributed by atoms with Gasteiger partial charge in [0.2, 0.25) is 0 Å². The summed E-state index contributed by atoms with van der Waals surface area (Å²) >= 11 is 11.4. The summed E-state index contributed by atoms with van der Waals surface area (Å²) in [5.41, 5.74) is 2.42. The van der Waals surface area contributed by atoms with Gasteiger partial charge in [-0.3, -0.25) is 9.69 Å². The van der Waals surface area contributed by atoms with Gasteiger partial charge >= 0.3 is 0 Å².